The summed E-state index contributed by atoms with van der Waals surface area (Å²) < 4.78 is 7.13. The summed E-state index contributed by atoms with van der Waals surface area (Å²) in [6, 6.07) is 11.8. The molecular weight excluding hydrogens is 264 g/mol. The van der Waals surface area contributed by atoms with Gasteiger partial charge < -0.3 is 9.84 Å². The van der Waals surface area contributed by atoms with Crippen molar-refractivity contribution in [1.29, 1.82) is 0 Å². The van der Waals surface area contributed by atoms with Crippen molar-refractivity contribution in [2.75, 3.05) is 7.11 Å². The van der Waals surface area contributed by atoms with Crippen LogP contribution >= 0.6 is 0 Å². The summed E-state index contributed by atoms with van der Waals surface area (Å²) in [5.41, 5.74) is 1.93. The van der Waals surface area contributed by atoms with E-state index < -0.39 is 6.10 Å². The van der Waals surface area contributed by atoms with Crippen molar-refractivity contribution < 1.29 is 9.84 Å². The van der Waals surface area contributed by atoms with E-state index in [2.05, 4.69) is 5.10 Å². The average Bonchev–Trinajstić information content (AvgIpc) is 2.91. The van der Waals surface area contributed by atoms with Crippen LogP contribution in [0.1, 0.15) is 17.2 Å². The van der Waals surface area contributed by atoms with Crippen LogP contribution in [0.25, 0.3) is 10.8 Å². The first kappa shape index (κ1) is 13.6. The van der Waals surface area contributed by atoms with Gasteiger partial charge in [0.1, 0.15) is 5.75 Å². The van der Waals surface area contributed by atoms with E-state index in [4.69, 9.17) is 4.74 Å². The minimum atomic E-state index is -0.565. The topological polar surface area (TPSA) is 47.3 Å². The van der Waals surface area contributed by atoms with E-state index in [9.17, 15) is 5.11 Å². The van der Waals surface area contributed by atoms with Crippen molar-refractivity contribution in [3.8, 4) is 5.75 Å². The Labute approximate surface area is 123 Å². The Morgan fingerprint density at radius 1 is 1.19 bits per heavy atom. The summed E-state index contributed by atoms with van der Waals surface area (Å²) in [4.78, 5) is 0. The predicted molar refractivity (Wildman–Crippen MR) is 82.4 cm³/mol. The van der Waals surface area contributed by atoms with Gasteiger partial charge in [0.2, 0.25) is 0 Å². The third-order valence-corrected chi connectivity index (χ3v) is 3.68. The smallest absolute Gasteiger partial charge is 0.126 e. The second kappa shape index (κ2) is 5.58. The lowest BCUT2D eigenvalue weighted by molar-refractivity contribution is 0.180. The Balaban J connectivity index is 2.00. The van der Waals surface area contributed by atoms with Gasteiger partial charge in [0.05, 0.1) is 19.4 Å². The zero-order valence-corrected chi connectivity index (χ0v) is 12.2. The lowest BCUT2D eigenvalue weighted by Crippen LogP contribution is -2.02. The summed E-state index contributed by atoms with van der Waals surface area (Å²) >= 11 is 0. The summed E-state index contributed by atoms with van der Waals surface area (Å²) in [6.45, 7) is 0. The fraction of sp³-hybridized carbons (Fsp3) is 0.235. The van der Waals surface area contributed by atoms with Crippen molar-refractivity contribution in [1.82, 2.24) is 9.78 Å². The molecule has 0 spiro atoms. The van der Waals surface area contributed by atoms with Gasteiger partial charge in [-0.1, -0.05) is 30.3 Å². The molecule has 3 aromatic rings. The molecule has 1 N–H and O–H groups in total. The molecule has 0 saturated heterocycles. The zero-order chi connectivity index (χ0) is 14.8. The number of ether oxygens (including phenoxy) is 1. The molecule has 0 amide bonds. The van der Waals surface area contributed by atoms with Crippen LogP contribution in [0, 0.1) is 0 Å². The number of aliphatic hydroxyl groups is 1. The van der Waals surface area contributed by atoms with Crippen molar-refractivity contribution in [3.05, 3.63) is 59.9 Å². The average molecular weight is 282 g/mol. The number of nitrogens with zero attached hydrogens (tertiary/aromatic N) is 2. The molecule has 0 saturated carbocycles. The maximum absolute atomic E-state index is 10.6. The summed E-state index contributed by atoms with van der Waals surface area (Å²) in [5.74, 6) is 0.822. The van der Waals surface area contributed by atoms with Crippen molar-refractivity contribution in [3.63, 3.8) is 0 Å². The molecule has 21 heavy (non-hydrogen) atoms. The summed E-state index contributed by atoms with van der Waals surface area (Å²) in [6.07, 6.45) is 3.69. The van der Waals surface area contributed by atoms with Gasteiger partial charge in [0, 0.05) is 25.1 Å². The van der Waals surface area contributed by atoms with Gasteiger partial charge >= 0.3 is 0 Å². The molecule has 0 aliphatic carbocycles. The Kier molecular flexibility index (Phi) is 3.62. The van der Waals surface area contributed by atoms with Crippen LogP contribution in [0.4, 0.5) is 0 Å². The highest BCUT2D eigenvalue weighted by molar-refractivity contribution is 5.91. The monoisotopic (exact) mass is 282 g/mol. The van der Waals surface area contributed by atoms with Gasteiger partial charge in [-0.25, -0.2) is 0 Å². The maximum atomic E-state index is 10.6. The van der Waals surface area contributed by atoms with Crippen LogP contribution in [0.15, 0.2) is 48.8 Å². The van der Waals surface area contributed by atoms with Crippen LogP contribution in [0.2, 0.25) is 0 Å². The van der Waals surface area contributed by atoms with Gasteiger partial charge in [-0.05, 0) is 22.6 Å². The van der Waals surface area contributed by atoms with Crippen LogP contribution < -0.4 is 4.74 Å². The molecule has 0 bridgehead atoms. The Hall–Kier alpha value is -2.33. The first-order chi connectivity index (χ1) is 10.2. The lowest BCUT2D eigenvalue weighted by atomic mass is 9.96. The predicted octanol–water partition coefficient (Wildman–Crippen LogP) is 2.86. The molecule has 1 aromatic heterocycles. The number of hydrogen-bond donors (Lipinski definition) is 1. The van der Waals surface area contributed by atoms with E-state index in [1.807, 2.05) is 49.6 Å². The van der Waals surface area contributed by atoms with E-state index in [1.165, 1.54) is 0 Å². The number of methoxy groups -OCH3 is 1. The van der Waals surface area contributed by atoms with Crippen molar-refractivity contribution >= 4 is 10.8 Å². The van der Waals surface area contributed by atoms with E-state index >= 15 is 0 Å². The third kappa shape index (κ3) is 2.62. The van der Waals surface area contributed by atoms with Crippen molar-refractivity contribution in [2.24, 2.45) is 7.05 Å². The molecule has 1 unspecified atom stereocenters. The highest BCUT2D eigenvalue weighted by atomic mass is 16.5. The molecule has 4 nitrogen and oxygen atoms in total. The van der Waals surface area contributed by atoms with Gasteiger partial charge in [-0.15, -0.1) is 0 Å². The number of aryl methyl sites for hydroxylation is 1. The van der Waals surface area contributed by atoms with E-state index in [0.717, 1.165) is 27.6 Å². The van der Waals surface area contributed by atoms with E-state index in [-0.39, 0.29) is 0 Å². The van der Waals surface area contributed by atoms with E-state index in [1.54, 1.807) is 18.0 Å². The summed E-state index contributed by atoms with van der Waals surface area (Å²) in [5, 5.41) is 16.7. The fourth-order valence-electron chi connectivity index (χ4n) is 2.67. The number of hydrogen-bond acceptors (Lipinski definition) is 3. The van der Waals surface area contributed by atoms with Gasteiger partial charge in [-0.2, -0.15) is 5.10 Å². The molecule has 4 heteroatoms. The first-order valence-electron chi connectivity index (χ1n) is 6.90. The second-order valence-corrected chi connectivity index (χ2v) is 5.14. The van der Waals surface area contributed by atoms with Gasteiger partial charge in [0.15, 0.2) is 0 Å². The molecule has 108 valence electrons. The summed E-state index contributed by atoms with van der Waals surface area (Å²) in [7, 11) is 3.53. The highest BCUT2D eigenvalue weighted by Crippen LogP contribution is 2.32. The largest absolute Gasteiger partial charge is 0.496 e. The van der Waals surface area contributed by atoms with Crippen LogP contribution in [-0.4, -0.2) is 22.0 Å². The molecule has 2 aromatic carbocycles. The molecule has 3 rings (SSSR count). The third-order valence-electron chi connectivity index (χ3n) is 3.68. The van der Waals surface area contributed by atoms with Crippen LogP contribution in [-0.2, 0) is 13.5 Å². The Morgan fingerprint density at radius 3 is 2.62 bits per heavy atom. The number of aliphatic hydroxyl groups excluding tert-OH is 1. The van der Waals surface area contributed by atoms with E-state index in [0.29, 0.717) is 6.42 Å². The number of benzene rings is 2. The zero-order valence-electron chi connectivity index (χ0n) is 12.2. The second-order valence-electron chi connectivity index (χ2n) is 5.14. The van der Waals surface area contributed by atoms with Crippen LogP contribution in [0.3, 0.4) is 0 Å². The van der Waals surface area contributed by atoms with Crippen molar-refractivity contribution in [2.45, 2.75) is 12.5 Å². The first-order valence-corrected chi connectivity index (χ1v) is 6.90. The van der Waals surface area contributed by atoms with Gasteiger partial charge in [-0.3, -0.25) is 4.68 Å². The quantitative estimate of drug-likeness (QED) is 0.800. The Morgan fingerprint density at radius 2 is 1.95 bits per heavy atom. The SMILES string of the molecule is COc1ccc(C(O)Cc2cnn(C)c2)c2ccccc12. The fourth-order valence-corrected chi connectivity index (χ4v) is 2.67. The van der Waals surface area contributed by atoms with Crippen LogP contribution in [0.5, 0.6) is 5.75 Å². The minimum Gasteiger partial charge on any atom is -0.496 e. The number of fused-ring (bicyclic) bond motifs is 1. The highest BCUT2D eigenvalue weighted by Gasteiger charge is 2.14. The lowest BCUT2D eigenvalue weighted by Gasteiger charge is -2.15. The molecule has 0 aliphatic heterocycles. The molecule has 0 aliphatic rings. The van der Waals surface area contributed by atoms with Gasteiger partial charge in [0.25, 0.3) is 0 Å². The normalized spacial score (nSPS) is 12.5. The molecule has 0 radical (unpaired) electrons. The number of aromatic nitrogens is 2. The molecular formula is C17H18N2O2. The molecule has 1 heterocycles. The molecule has 0 fully saturated rings. The Bertz CT molecular complexity index is 764. The maximum Gasteiger partial charge on any atom is 0.126 e. The standard InChI is InChI=1S/C17H18N2O2/c1-19-11-12(10-18-19)9-16(20)14-7-8-17(21-2)15-6-4-3-5-13(14)15/h3-8,10-11,16,20H,9H2,1-2H3. The molecule has 1 atom stereocenters. The minimum absolute atomic E-state index is 0.546. The number of rotatable bonds is 4.